The number of piperidine rings is 1. The average molecular weight is 309 g/mol. The van der Waals surface area contributed by atoms with Crippen LogP contribution in [0, 0.1) is 12.8 Å². The summed E-state index contributed by atoms with van der Waals surface area (Å²) in [6, 6.07) is 8.10. The van der Waals surface area contributed by atoms with Gasteiger partial charge < -0.3 is 14.4 Å². The highest BCUT2D eigenvalue weighted by Gasteiger charge is 2.69. The molecule has 23 heavy (non-hydrogen) atoms. The molecule has 4 atom stereocenters. The van der Waals surface area contributed by atoms with Gasteiger partial charge in [-0.1, -0.05) is 13.0 Å². The van der Waals surface area contributed by atoms with Crippen LogP contribution in [0.2, 0.25) is 0 Å². The molecule has 1 amide bonds. The molecule has 4 heteroatoms. The minimum atomic E-state index is 0.0306. The Hall–Kier alpha value is -2.23. The molecule has 0 bridgehead atoms. The minimum Gasteiger partial charge on any atom is -0.508 e. The topological polar surface area (TPSA) is 53.7 Å². The van der Waals surface area contributed by atoms with E-state index in [1.807, 2.05) is 30.0 Å². The lowest BCUT2D eigenvalue weighted by atomic mass is 9.43. The fraction of sp³-hybridized carbons (Fsp3) is 0.421. The van der Waals surface area contributed by atoms with Crippen LogP contribution in [0.4, 0.5) is 0 Å². The molecule has 1 N–H and O–H groups in total. The zero-order valence-corrected chi connectivity index (χ0v) is 13.2. The summed E-state index contributed by atoms with van der Waals surface area (Å²) in [6.45, 7) is 4.19. The van der Waals surface area contributed by atoms with Crippen LogP contribution in [0.3, 0.4) is 0 Å². The normalized spacial score (nSPS) is 33.3. The van der Waals surface area contributed by atoms with Crippen LogP contribution >= 0.6 is 0 Å². The molecule has 0 radical (unpaired) electrons. The van der Waals surface area contributed by atoms with Gasteiger partial charge >= 0.3 is 0 Å². The first kappa shape index (κ1) is 13.2. The molecule has 4 nitrogen and oxygen atoms in total. The quantitative estimate of drug-likeness (QED) is 0.881. The highest BCUT2D eigenvalue weighted by molar-refractivity contribution is 5.94. The Morgan fingerprint density at radius 3 is 2.91 bits per heavy atom. The van der Waals surface area contributed by atoms with E-state index in [0.29, 0.717) is 23.5 Å². The Morgan fingerprint density at radius 1 is 1.35 bits per heavy atom. The molecule has 3 aliphatic rings. The van der Waals surface area contributed by atoms with Crippen molar-refractivity contribution in [1.82, 2.24) is 4.90 Å². The number of likely N-dealkylation sites (tertiary alicyclic amines) is 1. The Labute approximate surface area is 134 Å². The SMILES string of the molecule is Cc1ccoc1C(=O)N1C2C[C@@]3(C)c4cc(O)ccc4C[C@@H]1[C@H]23. The summed E-state index contributed by atoms with van der Waals surface area (Å²) in [6.07, 6.45) is 3.43. The first-order valence-corrected chi connectivity index (χ1v) is 8.20. The fourth-order valence-electron chi connectivity index (χ4n) is 5.26. The Bertz CT molecular complexity index is 839. The number of hydrogen-bond acceptors (Lipinski definition) is 3. The van der Waals surface area contributed by atoms with Crippen molar-refractivity contribution < 1.29 is 14.3 Å². The maximum absolute atomic E-state index is 12.9. The van der Waals surface area contributed by atoms with Gasteiger partial charge in [-0.25, -0.2) is 0 Å². The number of hydrogen-bond donors (Lipinski definition) is 1. The lowest BCUT2D eigenvalue weighted by Gasteiger charge is -2.72. The summed E-state index contributed by atoms with van der Waals surface area (Å²) in [7, 11) is 0. The van der Waals surface area contributed by atoms with Crippen molar-refractivity contribution in [3.63, 3.8) is 0 Å². The first-order valence-electron chi connectivity index (χ1n) is 8.20. The molecule has 1 aliphatic heterocycles. The molecule has 5 rings (SSSR count). The summed E-state index contributed by atoms with van der Waals surface area (Å²) in [5.74, 6) is 1.36. The number of aryl methyl sites for hydroxylation is 1. The summed E-state index contributed by atoms with van der Waals surface area (Å²) in [4.78, 5) is 14.9. The van der Waals surface area contributed by atoms with E-state index in [-0.39, 0.29) is 17.4 Å². The third-order valence-corrected chi connectivity index (χ3v) is 6.34. The number of fused-ring (bicyclic) bond motifs is 2. The van der Waals surface area contributed by atoms with Gasteiger partial charge in [-0.15, -0.1) is 0 Å². The Morgan fingerprint density at radius 2 is 2.17 bits per heavy atom. The molecule has 1 aromatic heterocycles. The number of rotatable bonds is 1. The van der Waals surface area contributed by atoms with Gasteiger partial charge in [-0.05, 0) is 49.1 Å². The highest BCUT2D eigenvalue weighted by atomic mass is 16.3. The number of furan rings is 1. The van der Waals surface area contributed by atoms with Crippen LogP contribution in [0.25, 0.3) is 0 Å². The van der Waals surface area contributed by atoms with Crippen LogP contribution in [0.5, 0.6) is 5.75 Å². The van der Waals surface area contributed by atoms with E-state index in [2.05, 4.69) is 6.92 Å². The number of phenolic OH excluding ortho intramolecular Hbond substituents is 1. The van der Waals surface area contributed by atoms with Gasteiger partial charge in [0.2, 0.25) is 0 Å². The van der Waals surface area contributed by atoms with Crippen molar-refractivity contribution in [2.75, 3.05) is 0 Å². The van der Waals surface area contributed by atoms with Crippen LogP contribution in [0.15, 0.2) is 34.9 Å². The van der Waals surface area contributed by atoms with Gasteiger partial charge in [0.05, 0.1) is 6.26 Å². The van der Waals surface area contributed by atoms with Crippen molar-refractivity contribution in [3.8, 4) is 5.75 Å². The van der Waals surface area contributed by atoms with E-state index in [9.17, 15) is 9.90 Å². The van der Waals surface area contributed by atoms with Gasteiger partial charge in [-0.2, -0.15) is 0 Å². The Kier molecular flexibility index (Phi) is 2.30. The molecule has 118 valence electrons. The van der Waals surface area contributed by atoms with Gasteiger partial charge in [-0.3, -0.25) is 4.79 Å². The number of amides is 1. The summed E-state index contributed by atoms with van der Waals surface area (Å²) in [5.41, 5.74) is 3.54. The number of carbonyl (C=O) groups excluding carboxylic acids is 1. The van der Waals surface area contributed by atoms with Crippen molar-refractivity contribution in [1.29, 1.82) is 0 Å². The van der Waals surface area contributed by atoms with Crippen molar-refractivity contribution in [2.24, 2.45) is 5.92 Å². The van der Waals surface area contributed by atoms with Crippen LogP contribution in [-0.2, 0) is 11.8 Å². The first-order chi connectivity index (χ1) is 11.0. The fourth-order valence-corrected chi connectivity index (χ4v) is 5.26. The molecule has 2 heterocycles. The van der Waals surface area contributed by atoms with E-state index in [0.717, 1.165) is 18.4 Å². The second kappa shape index (κ2) is 3.99. The molecule has 1 aromatic carbocycles. The Balaban J connectivity index is 1.53. The number of nitrogens with zero attached hydrogens (tertiary/aromatic N) is 1. The molecule has 1 saturated carbocycles. The van der Waals surface area contributed by atoms with Crippen LogP contribution in [0.1, 0.15) is 40.6 Å². The van der Waals surface area contributed by atoms with E-state index >= 15 is 0 Å². The summed E-state index contributed by atoms with van der Waals surface area (Å²) < 4.78 is 5.41. The van der Waals surface area contributed by atoms with Crippen molar-refractivity contribution in [2.45, 2.75) is 44.2 Å². The second-order valence-corrected chi connectivity index (χ2v) is 7.47. The molecular weight excluding hydrogens is 290 g/mol. The lowest BCUT2D eigenvalue weighted by Crippen LogP contribution is -2.80. The minimum absolute atomic E-state index is 0.0306. The average Bonchev–Trinajstić information content (AvgIpc) is 2.91. The van der Waals surface area contributed by atoms with Crippen LogP contribution in [-0.4, -0.2) is 28.0 Å². The molecule has 1 unspecified atom stereocenters. The summed E-state index contributed by atoms with van der Waals surface area (Å²) >= 11 is 0. The monoisotopic (exact) mass is 309 g/mol. The molecular formula is C19H19NO3. The van der Waals surface area contributed by atoms with E-state index in [4.69, 9.17) is 4.42 Å². The maximum atomic E-state index is 12.9. The maximum Gasteiger partial charge on any atom is 0.290 e. The number of benzene rings is 1. The predicted octanol–water partition coefficient (Wildman–Crippen LogP) is 3.02. The standard InChI is InChI=1S/C19H19NO3/c1-10-5-6-23-17(10)18(22)20-14-7-11-3-4-12(21)8-13(11)19(2)9-15(20)16(14)19/h3-6,8,14-16,21H,7,9H2,1-2H3/t14-,15?,16-,19+/m1/s1. The largest absolute Gasteiger partial charge is 0.508 e. The van der Waals surface area contributed by atoms with Gasteiger partial charge in [0.15, 0.2) is 5.76 Å². The van der Waals surface area contributed by atoms with Gasteiger partial charge in [0.1, 0.15) is 5.75 Å². The van der Waals surface area contributed by atoms with E-state index in [1.165, 1.54) is 11.1 Å². The summed E-state index contributed by atoms with van der Waals surface area (Å²) in [5, 5.41) is 9.83. The number of aromatic hydroxyl groups is 1. The smallest absolute Gasteiger partial charge is 0.290 e. The van der Waals surface area contributed by atoms with Crippen molar-refractivity contribution >= 4 is 5.91 Å². The molecule has 2 aliphatic carbocycles. The predicted molar refractivity (Wildman–Crippen MR) is 84.5 cm³/mol. The zero-order chi connectivity index (χ0) is 15.9. The third-order valence-electron chi connectivity index (χ3n) is 6.34. The number of phenols is 1. The molecule has 1 saturated heterocycles. The third kappa shape index (κ3) is 1.44. The molecule has 2 fully saturated rings. The van der Waals surface area contributed by atoms with Crippen molar-refractivity contribution in [3.05, 3.63) is 53.0 Å². The van der Waals surface area contributed by atoms with Gasteiger partial charge in [0, 0.05) is 29.0 Å². The van der Waals surface area contributed by atoms with E-state index < -0.39 is 0 Å². The van der Waals surface area contributed by atoms with Gasteiger partial charge in [0.25, 0.3) is 5.91 Å². The molecule has 0 spiro atoms. The van der Waals surface area contributed by atoms with E-state index in [1.54, 1.807) is 12.3 Å². The van der Waals surface area contributed by atoms with Crippen LogP contribution < -0.4 is 0 Å². The highest BCUT2D eigenvalue weighted by Crippen LogP contribution is 2.64. The molecule has 2 aromatic rings. The number of carbonyl (C=O) groups is 1. The second-order valence-electron chi connectivity index (χ2n) is 7.47. The lowest BCUT2D eigenvalue weighted by molar-refractivity contribution is -0.156. The zero-order valence-electron chi connectivity index (χ0n) is 13.2.